The molecule has 0 spiro atoms. The van der Waals surface area contributed by atoms with Crippen molar-refractivity contribution in [2.45, 2.75) is 12.5 Å². The van der Waals surface area contributed by atoms with Gasteiger partial charge in [0.05, 0.1) is 11.0 Å². The number of non-ortho nitro benzene ring substituents is 1. The van der Waals surface area contributed by atoms with Crippen molar-refractivity contribution in [3.8, 4) is 11.5 Å². The Balaban J connectivity index is 1.38. The maximum absolute atomic E-state index is 13.5. The second-order valence-corrected chi connectivity index (χ2v) is 8.54. The summed E-state index contributed by atoms with van der Waals surface area (Å²) >= 11 is 0. The number of nitrogens with zero attached hydrogens (tertiary/aromatic N) is 2. The van der Waals surface area contributed by atoms with Crippen molar-refractivity contribution in [1.82, 2.24) is 9.88 Å². The molecule has 8 heteroatoms. The monoisotopic (exact) mass is 467 g/mol. The molecule has 1 N–H and O–H groups in total. The number of nitro benzene ring substituents is 1. The maximum Gasteiger partial charge on any atom is 0.269 e. The zero-order valence-corrected chi connectivity index (χ0v) is 18.6. The number of hydrogen-bond donors (Lipinski definition) is 1. The van der Waals surface area contributed by atoms with E-state index in [2.05, 4.69) is 11.1 Å². The van der Waals surface area contributed by atoms with Gasteiger partial charge in [-0.25, -0.2) is 0 Å². The van der Waals surface area contributed by atoms with Crippen molar-refractivity contribution in [3.05, 3.63) is 105 Å². The largest absolute Gasteiger partial charge is 0.454 e. The lowest BCUT2D eigenvalue weighted by molar-refractivity contribution is -0.384. The zero-order valence-electron chi connectivity index (χ0n) is 18.6. The Morgan fingerprint density at radius 2 is 1.86 bits per heavy atom. The summed E-state index contributed by atoms with van der Waals surface area (Å²) in [5.41, 5.74) is 4.91. The SMILES string of the molecule is O=C(/C=C/c1ccc([N+](=O)[O-])cc1)N1CCc2c([nH]c3ccccc23)C1c1ccc2c(c1)OCO2. The van der Waals surface area contributed by atoms with Gasteiger partial charge in [-0.2, -0.15) is 0 Å². The quantitative estimate of drug-likeness (QED) is 0.259. The van der Waals surface area contributed by atoms with E-state index in [9.17, 15) is 14.9 Å². The number of carbonyl (C=O) groups excluding carboxylic acids is 1. The molecular weight excluding hydrogens is 446 g/mol. The molecule has 0 saturated heterocycles. The summed E-state index contributed by atoms with van der Waals surface area (Å²) in [6, 6.07) is 19.7. The van der Waals surface area contributed by atoms with Crippen molar-refractivity contribution in [1.29, 1.82) is 0 Å². The zero-order chi connectivity index (χ0) is 23.9. The van der Waals surface area contributed by atoms with Gasteiger partial charge in [0.15, 0.2) is 11.5 Å². The molecule has 1 atom stereocenters. The molecule has 35 heavy (non-hydrogen) atoms. The summed E-state index contributed by atoms with van der Waals surface area (Å²) < 4.78 is 11.1. The van der Waals surface area contributed by atoms with Gasteiger partial charge in [0.25, 0.3) is 5.69 Å². The highest BCUT2D eigenvalue weighted by atomic mass is 16.7. The van der Waals surface area contributed by atoms with Gasteiger partial charge in [-0.05, 0) is 59.5 Å². The number of benzene rings is 3. The highest BCUT2D eigenvalue weighted by molar-refractivity contribution is 5.93. The Labute approximate surface area is 200 Å². The van der Waals surface area contributed by atoms with Gasteiger partial charge < -0.3 is 19.4 Å². The minimum Gasteiger partial charge on any atom is -0.454 e. The molecule has 1 unspecified atom stereocenters. The predicted molar refractivity (Wildman–Crippen MR) is 130 cm³/mol. The molecular formula is C27H21N3O5. The second-order valence-electron chi connectivity index (χ2n) is 8.54. The third-order valence-corrected chi connectivity index (χ3v) is 6.55. The fourth-order valence-electron chi connectivity index (χ4n) is 4.88. The Hall–Kier alpha value is -4.59. The average Bonchev–Trinajstić information content (AvgIpc) is 3.51. The summed E-state index contributed by atoms with van der Waals surface area (Å²) in [6.07, 6.45) is 3.94. The second kappa shape index (κ2) is 8.32. The number of H-pyrrole nitrogens is 1. The van der Waals surface area contributed by atoms with E-state index in [0.29, 0.717) is 23.6 Å². The third-order valence-electron chi connectivity index (χ3n) is 6.55. The number of nitro groups is 1. The Morgan fingerprint density at radius 3 is 2.69 bits per heavy atom. The molecule has 0 bridgehead atoms. The lowest BCUT2D eigenvalue weighted by atomic mass is 9.92. The van der Waals surface area contributed by atoms with Gasteiger partial charge in [-0.15, -0.1) is 0 Å². The minimum atomic E-state index is -0.444. The Bertz CT molecular complexity index is 1490. The lowest BCUT2D eigenvalue weighted by Crippen LogP contribution is -2.39. The summed E-state index contributed by atoms with van der Waals surface area (Å²) in [5, 5.41) is 12.1. The van der Waals surface area contributed by atoms with Gasteiger partial charge in [-0.3, -0.25) is 14.9 Å². The Kier molecular flexibility index (Phi) is 4.99. The van der Waals surface area contributed by atoms with Crippen LogP contribution in [0.2, 0.25) is 0 Å². The molecule has 6 rings (SSSR count). The highest BCUT2D eigenvalue weighted by Crippen LogP contribution is 2.42. The summed E-state index contributed by atoms with van der Waals surface area (Å²) in [4.78, 5) is 29.3. The molecule has 0 fully saturated rings. The topological polar surface area (TPSA) is 97.7 Å². The summed E-state index contributed by atoms with van der Waals surface area (Å²) in [7, 11) is 0. The molecule has 174 valence electrons. The molecule has 0 aliphatic carbocycles. The van der Waals surface area contributed by atoms with Crippen LogP contribution in [0, 0.1) is 10.1 Å². The van der Waals surface area contributed by atoms with Crippen molar-refractivity contribution in [2.24, 2.45) is 0 Å². The molecule has 4 aromatic rings. The third kappa shape index (κ3) is 3.69. The van der Waals surface area contributed by atoms with Crippen LogP contribution in [0.5, 0.6) is 11.5 Å². The predicted octanol–water partition coefficient (Wildman–Crippen LogP) is 4.99. The van der Waals surface area contributed by atoms with Crippen LogP contribution in [0.15, 0.2) is 72.8 Å². The van der Waals surface area contributed by atoms with Crippen LogP contribution in [-0.2, 0) is 11.2 Å². The highest BCUT2D eigenvalue weighted by Gasteiger charge is 2.34. The molecule has 1 amide bonds. The van der Waals surface area contributed by atoms with Crippen LogP contribution in [0.25, 0.3) is 17.0 Å². The van der Waals surface area contributed by atoms with Crippen molar-refractivity contribution in [3.63, 3.8) is 0 Å². The van der Waals surface area contributed by atoms with Gasteiger partial charge in [-0.1, -0.05) is 24.3 Å². The first-order valence-electron chi connectivity index (χ1n) is 11.3. The van der Waals surface area contributed by atoms with Crippen LogP contribution >= 0.6 is 0 Å². The van der Waals surface area contributed by atoms with Crippen LogP contribution in [-0.4, -0.2) is 34.1 Å². The van der Waals surface area contributed by atoms with E-state index in [1.807, 2.05) is 41.3 Å². The molecule has 1 aromatic heterocycles. The number of hydrogen-bond acceptors (Lipinski definition) is 5. The van der Waals surface area contributed by atoms with Crippen LogP contribution < -0.4 is 9.47 Å². The number of carbonyl (C=O) groups is 1. The minimum absolute atomic E-state index is 0.0127. The van der Waals surface area contributed by atoms with Crippen molar-refractivity contribution >= 4 is 28.6 Å². The van der Waals surface area contributed by atoms with Crippen molar-refractivity contribution < 1.29 is 19.2 Å². The van der Waals surface area contributed by atoms with Crippen molar-refractivity contribution in [2.75, 3.05) is 13.3 Å². The summed E-state index contributed by atoms with van der Waals surface area (Å²) in [5.74, 6) is 1.22. The molecule has 3 aromatic carbocycles. The first kappa shape index (κ1) is 21.0. The standard InChI is InChI=1S/C27H21N3O5/c31-25(12-7-17-5-9-19(10-6-17)30(32)33)29-14-13-21-20-3-1-2-4-22(20)28-26(21)27(29)18-8-11-23-24(15-18)35-16-34-23/h1-12,15,27-28H,13-14,16H2/b12-7+. The first-order chi connectivity index (χ1) is 17.1. The number of aromatic amines is 1. The smallest absolute Gasteiger partial charge is 0.269 e. The van der Waals surface area contributed by atoms with E-state index < -0.39 is 4.92 Å². The van der Waals surface area contributed by atoms with E-state index in [-0.39, 0.29) is 24.4 Å². The molecule has 2 aliphatic heterocycles. The Morgan fingerprint density at radius 1 is 1.06 bits per heavy atom. The number of fused-ring (bicyclic) bond motifs is 4. The average molecular weight is 467 g/mol. The molecule has 3 heterocycles. The van der Waals surface area contributed by atoms with Gasteiger partial charge in [0.2, 0.25) is 12.7 Å². The number of ether oxygens (including phenoxy) is 2. The number of rotatable bonds is 4. The normalized spacial score (nSPS) is 16.6. The fourth-order valence-corrected chi connectivity index (χ4v) is 4.88. The fraction of sp³-hybridized carbons (Fsp3) is 0.148. The van der Waals surface area contributed by atoms with Crippen LogP contribution in [0.3, 0.4) is 0 Å². The van der Waals surface area contributed by atoms with E-state index >= 15 is 0 Å². The van der Waals surface area contributed by atoms with Crippen LogP contribution in [0.1, 0.15) is 28.4 Å². The number of aromatic nitrogens is 1. The van der Waals surface area contributed by atoms with E-state index in [1.54, 1.807) is 18.2 Å². The molecule has 8 nitrogen and oxygen atoms in total. The number of para-hydroxylation sites is 1. The van der Waals surface area contributed by atoms with E-state index in [0.717, 1.165) is 23.2 Å². The number of amides is 1. The maximum atomic E-state index is 13.5. The molecule has 0 radical (unpaired) electrons. The van der Waals surface area contributed by atoms with Gasteiger partial charge in [0.1, 0.15) is 0 Å². The molecule has 0 saturated carbocycles. The van der Waals surface area contributed by atoms with E-state index in [4.69, 9.17) is 9.47 Å². The van der Waals surface area contributed by atoms with E-state index in [1.165, 1.54) is 29.2 Å². The molecule has 2 aliphatic rings. The first-order valence-corrected chi connectivity index (χ1v) is 11.3. The summed E-state index contributed by atoms with van der Waals surface area (Å²) in [6.45, 7) is 0.735. The van der Waals surface area contributed by atoms with Crippen LogP contribution in [0.4, 0.5) is 5.69 Å². The van der Waals surface area contributed by atoms with Gasteiger partial charge in [0, 0.05) is 41.4 Å². The van der Waals surface area contributed by atoms with Gasteiger partial charge >= 0.3 is 0 Å². The number of nitrogens with one attached hydrogen (secondary N) is 1. The lowest BCUT2D eigenvalue weighted by Gasteiger charge is -2.35.